The largest absolute Gasteiger partial charge is 0.456 e. The first-order valence-corrected chi connectivity index (χ1v) is 18.1. The Bertz CT molecular complexity index is 2850. The van der Waals surface area contributed by atoms with Gasteiger partial charge < -0.3 is 4.42 Å². The summed E-state index contributed by atoms with van der Waals surface area (Å²) in [6, 6.07) is 57.0. The molecule has 2 heterocycles. The molecule has 0 aliphatic heterocycles. The van der Waals surface area contributed by atoms with Crippen LogP contribution < -0.4 is 0 Å². The zero-order chi connectivity index (χ0) is 35.1. The summed E-state index contributed by atoms with van der Waals surface area (Å²) < 4.78 is 6.27. The van der Waals surface area contributed by atoms with Crippen LogP contribution in [0.5, 0.6) is 0 Å². The molecule has 4 heteroatoms. The number of hydrogen-bond acceptors (Lipinski definition) is 4. The number of nitrogens with zero attached hydrogens (tertiary/aromatic N) is 3. The molecule has 250 valence electrons. The third-order valence-corrected chi connectivity index (χ3v) is 10.3. The number of allylic oxidation sites excluding steroid dienone is 4. The second kappa shape index (κ2) is 13.0. The molecule has 2 aromatic heterocycles. The van der Waals surface area contributed by atoms with Gasteiger partial charge in [0.05, 0.1) is 0 Å². The van der Waals surface area contributed by atoms with E-state index in [2.05, 4.69) is 158 Å². The average molecular weight is 680 g/mol. The summed E-state index contributed by atoms with van der Waals surface area (Å²) in [4.78, 5) is 15.6. The Kier molecular flexibility index (Phi) is 7.58. The highest BCUT2D eigenvalue weighted by Crippen LogP contribution is 2.41. The highest BCUT2D eigenvalue weighted by molar-refractivity contribution is 6.16. The third kappa shape index (κ3) is 5.62. The minimum Gasteiger partial charge on any atom is -0.456 e. The van der Waals surface area contributed by atoms with E-state index in [-0.39, 0.29) is 5.92 Å². The molecule has 0 radical (unpaired) electrons. The lowest BCUT2D eigenvalue weighted by atomic mass is 9.92. The van der Waals surface area contributed by atoms with E-state index in [1.54, 1.807) is 0 Å². The molecule has 7 aromatic carbocycles. The number of para-hydroxylation sites is 1. The fourth-order valence-corrected chi connectivity index (χ4v) is 7.65. The summed E-state index contributed by atoms with van der Waals surface area (Å²) in [6.45, 7) is 0. The smallest absolute Gasteiger partial charge is 0.164 e. The number of aromatic nitrogens is 3. The van der Waals surface area contributed by atoms with Crippen LogP contribution in [0, 0.1) is 0 Å². The maximum absolute atomic E-state index is 6.27. The van der Waals surface area contributed by atoms with Gasteiger partial charge in [0.1, 0.15) is 17.0 Å². The topological polar surface area (TPSA) is 51.8 Å². The zero-order valence-corrected chi connectivity index (χ0v) is 28.9. The van der Waals surface area contributed by atoms with Gasteiger partial charge >= 0.3 is 0 Å². The van der Waals surface area contributed by atoms with Gasteiger partial charge in [0.2, 0.25) is 0 Å². The van der Waals surface area contributed by atoms with Gasteiger partial charge in [0.25, 0.3) is 0 Å². The van der Waals surface area contributed by atoms with Crippen LogP contribution >= 0.6 is 0 Å². The van der Waals surface area contributed by atoms with Crippen LogP contribution in [0.4, 0.5) is 0 Å². The number of benzene rings is 7. The van der Waals surface area contributed by atoms with Gasteiger partial charge in [-0.25, -0.2) is 15.0 Å². The molecule has 0 bridgehead atoms. The van der Waals surface area contributed by atoms with Crippen molar-refractivity contribution >= 4 is 38.3 Å². The monoisotopic (exact) mass is 679 g/mol. The van der Waals surface area contributed by atoms with Gasteiger partial charge in [-0.05, 0) is 62.7 Å². The normalized spacial score (nSPS) is 14.2. The van der Waals surface area contributed by atoms with Crippen molar-refractivity contribution in [2.45, 2.75) is 12.3 Å². The standard InChI is InChI=1S/C49H33N3O/c1-3-12-32(13-4-1)34-24-28-36(29-25-34)47-50-48(37-30-26-35(27-31-37)33-14-5-2-6-15-33)52-49(51-47)42-21-10-17-38-39(18-9-19-40(38)42)41-20-11-23-45-46(41)43-16-7-8-22-44(43)53-45/h1-30,37H,31H2. The van der Waals surface area contributed by atoms with Crippen LogP contribution in [0.3, 0.4) is 0 Å². The van der Waals surface area contributed by atoms with Crippen molar-refractivity contribution < 1.29 is 4.42 Å². The quantitative estimate of drug-likeness (QED) is 0.175. The SMILES string of the molecule is C1=CC(c2nc(-c3ccc(-c4ccccc4)cc3)nc(-c3cccc4c(-c5cccc6oc7ccccc7c56)cccc34)n2)CC=C1c1ccccc1. The van der Waals surface area contributed by atoms with E-state index in [9.17, 15) is 0 Å². The van der Waals surface area contributed by atoms with E-state index in [1.165, 1.54) is 16.7 Å². The number of furan rings is 1. The van der Waals surface area contributed by atoms with E-state index in [4.69, 9.17) is 19.4 Å². The van der Waals surface area contributed by atoms with E-state index in [0.717, 1.165) is 72.8 Å². The van der Waals surface area contributed by atoms with Gasteiger partial charge in [-0.3, -0.25) is 0 Å². The van der Waals surface area contributed by atoms with Crippen molar-refractivity contribution in [3.8, 4) is 45.0 Å². The van der Waals surface area contributed by atoms with Crippen LogP contribution in [-0.4, -0.2) is 15.0 Å². The predicted molar refractivity (Wildman–Crippen MR) is 217 cm³/mol. The van der Waals surface area contributed by atoms with E-state index in [1.807, 2.05) is 24.3 Å². The van der Waals surface area contributed by atoms with Crippen LogP contribution in [0.25, 0.3) is 83.3 Å². The Morgan fingerprint density at radius 1 is 0.434 bits per heavy atom. The molecule has 0 N–H and O–H groups in total. The van der Waals surface area contributed by atoms with Crippen molar-refractivity contribution in [3.05, 3.63) is 193 Å². The molecule has 1 unspecified atom stereocenters. The second-order valence-corrected chi connectivity index (χ2v) is 13.5. The van der Waals surface area contributed by atoms with Crippen molar-refractivity contribution in [2.24, 2.45) is 0 Å². The zero-order valence-electron chi connectivity index (χ0n) is 28.9. The Balaban J connectivity index is 1.11. The summed E-state index contributed by atoms with van der Waals surface area (Å²) >= 11 is 0. The Morgan fingerprint density at radius 3 is 1.79 bits per heavy atom. The molecule has 1 atom stereocenters. The first-order chi connectivity index (χ1) is 26.3. The lowest BCUT2D eigenvalue weighted by molar-refractivity contribution is 0.669. The summed E-state index contributed by atoms with van der Waals surface area (Å²) in [5.74, 6) is 2.11. The summed E-state index contributed by atoms with van der Waals surface area (Å²) in [5, 5.41) is 4.45. The van der Waals surface area contributed by atoms with Gasteiger partial charge in [-0.1, -0.05) is 170 Å². The molecule has 4 nitrogen and oxygen atoms in total. The van der Waals surface area contributed by atoms with Crippen LogP contribution in [-0.2, 0) is 0 Å². The highest BCUT2D eigenvalue weighted by atomic mass is 16.3. The number of rotatable bonds is 6. The Labute approximate surface area is 307 Å². The van der Waals surface area contributed by atoms with E-state index >= 15 is 0 Å². The molecule has 0 saturated heterocycles. The Morgan fingerprint density at radius 2 is 1.02 bits per heavy atom. The fraction of sp³-hybridized carbons (Fsp3) is 0.0408. The first kappa shape index (κ1) is 30.9. The van der Waals surface area contributed by atoms with Crippen molar-refractivity contribution in [3.63, 3.8) is 0 Å². The molecule has 1 aliphatic carbocycles. The summed E-state index contributed by atoms with van der Waals surface area (Å²) in [5.41, 5.74) is 10.7. The number of fused-ring (bicyclic) bond motifs is 4. The number of hydrogen-bond donors (Lipinski definition) is 0. The van der Waals surface area contributed by atoms with Crippen molar-refractivity contribution in [1.82, 2.24) is 15.0 Å². The van der Waals surface area contributed by atoms with Crippen LogP contribution in [0.2, 0.25) is 0 Å². The van der Waals surface area contributed by atoms with Gasteiger partial charge in [-0.2, -0.15) is 0 Å². The lowest BCUT2D eigenvalue weighted by Crippen LogP contribution is -2.08. The third-order valence-electron chi connectivity index (χ3n) is 10.3. The van der Waals surface area contributed by atoms with Crippen molar-refractivity contribution in [1.29, 1.82) is 0 Å². The van der Waals surface area contributed by atoms with Crippen LogP contribution in [0.15, 0.2) is 186 Å². The fourth-order valence-electron chi connectivity index (χ4n) is 7.65. The van der Waals surface area contributed by atoms with Gasteiger partial charge in [-0.15, -0.1) is 0 Å². The minimum atomic E-state index is 0.0177. The molecule has 1 aliphatic rings. The van der Waals surface area contributed by atoms with E-state index in [0.29, 0.717) is 11.6 Å². The molecule has 53 heavy (non-hydrogen) atoms. The van der Waals surface area contributed by atoms with Gasteiger partial charge in [0, 0.05) is 27.8 Å². The molecule has 0 amide bonds. The molecule has 0 fully saturated rings. The second-order valence-electron chi connectivity index (χ2n) is 13.5. The summed E-state index contributed by atoms with van der Waals surface area (Å²) in [6.07, 6.45) is 7.54. The van der Waals surface area contributed by atoms with Crippen LogP contribution in [0.1, 0.15) is 23.7 Å². The average Bonchev–Trinajstić information content (AvgIpc) is 3.63. The van der Waals surface area contributed by atoms with Crippen molar-refractivity contribution in [2.75, 3.05) is 0 Å². The van der Waals surface area contributed by atoms with Gasteiger partial charge in [0.15, 0.2) is 11.6 Å². The predicted octanol–water partition coefficient (Wildman–Crippen LogP) is 12.7. The molecule has 0 saturated carbocycles. The molecule has 10 rings (SSSR count). The Hall–Kier alpha value is -6.91. The molecule has 9 aromatic rings. The summed E-state index contributed by atoms with van der Waals surface area (Å²) in [7, 11) is 0. The lowest BCUT2D eigenvalue weighted by Gasteiger charge is -2.18. The molecular formula is C49H33N3O. The maximum Gasteiger partial charge on any atom is 0.164 e. The molecular weight excluding hydrogens is 647 g/mol. The minimum absolute atomic E-state index is 0.0177. The maximum atomic E-state index is 6.27. The van der Waals surface area contributed by atoms with E-state index < -0.39 is 0 Å². The highest BCUT2D eigenvalue weighted by Gasteiger charge is 2.21. The first-order valence-electron chi connectivity index (χ1n) is 18.1. The molecule has 0 spiro atoms.